The van der Waals surface area contributed by atoms with Gasteiger partial charge in [-0.25, -0.2) is 17.9 Å². The number of nitrogens with zero attached hydrogens (tertiary/aromatic N) is 1. The zero-order chi connectivity index (χ0) is 21.4. The number of anilines is 1. The van der Waals surface area contributed by atoms with E-state index >= 15 is 0 Å². The summed E-state index contributed by atoms with van der Waals surface area (Å²) in [6.07, 6.45) is 9.35. The normalized spacial score (nSPS) is 29.0. The van der Waals surface area contributed by atoms with Gasteiger partial charge >= 0.3 is 6.03 Å². The van der Waals surface area contributed by atoms with Gasteiger partial charge in [0.2, 0.25) is 10.0 Å². The molecule has 0 atom stereocenters. The SMILES string of the molecule is O=C(NCc1ccncc1)Nc1ccc(S(=O)(=O)NC2C3CC4CC(C3)CC2C4)cc1. The number of hydrogen-bond donors (Lipinski definition) is 3. The van der Waals surface area contributed by atoms with Crippen LogP contribution in [0, 0.1) is 23.7 Å². The van der Waals surface area contributed by atoms with Crippen molar-refractivity contribution >= 4 is 21.7 Å². The van der Waals surface area contributed by atoms with Gasteiger partial charge in [0.05, 0.1) is 4.90 Å². The second kappa shape index (κ2) is 8.24. The number of carbonyl (C=O) groups excluding carboxylic acids is 1. The standard InChI is InChI=1S/C23H28N4O3S/c28-23(25-14-15-5-7-24-8-6-15)26-20-1-3-21(4-2-20)31(29,30)27-22-18-10-16-9-17(12-18)13-19(22)11-16/h1-8,16-19,22,27H,9-14H2,(H2,25,26,28). The molecule has 1 aromatic carbocycles. The molecule has 8 heteroatoms. The lowest BCUT2D eigenvalue weighted by molar-refractivity contribution is -0.00557. The zero-order valence-corrected chi connectivity index (χ0v) is 18.1. The molecule has 1 aromatic heterocycles. The van der Waals surface area contributed by atoms with Gasteiger partial charge < -0.3 is 10.6 Å². The number of rotatable bonds is 6. The fourth-order valence-corrected chi connectivity index (χ4v) is 7.31. The molecule has 164 valence electrons. The summed E-state index contributed by atoms with van der Waals surface area (Å²) < 4.78 is 29.0. The topological polar surface area (TPSA) is 100 Å². The molecule has 2 amide bonds. The number of nitrogens with one attached hydrogen (secondary N) is 3. The molecular formula is C23H28N4O3S. The number of amides is 2. The summed E-state index contributed by atoms with van der Waals surface area (Å²) in [5, 5.41) is 5.50. The third kappa shape index (κ3) is 4.45. The Kier molecular flexibility index (Phi) is 5.44. The Balaban J connectivity index is 1.19. The van der Waals surface area contributed by atoms with Crippen LogP contribution in [0.1, 0.15) is 37.7 Å². The number of benzene rings is 1. The monoisotopic (exact) mass is 440 g/mol. The van der Waals surface area contributed by atoms with E-state index in [4.69, 9.17) is 0 Å². The molecule has 6 rings (SSSR count). The molecule has 2 aromatic rings. The Morgan fingerprint density at radius 3 is 2.13 bits per heavy atom. The van der Waals surface area contributed by atoms with Gasteiger partial charge in [-0.15, -0.1) is 0 Å². The molecule has 0 spiro atoms. The lowest BCUT2D eigenvalue weighted by atomic mass is 9.54. The van der Waals surface area contributed by atoms with Gasteiger partial charge in [0.15, 0.2) is 0 Å². The highest BCUT2D eigenvalue weighted by atomic mass is 32.2. The Hall–Kier alpha value is -2.45. The van der Waals surface area contributed by atoms with Gasteiger partial charge in [-0.2, -0.15) is 0 Å². The van der Waals surface area contributed by atoms with Crippen molar-refractivity contribution in [3.05, 3.63) is 54.4 Å². The van der Waals surface area contributed by atoms with Crippen LogP contribution in [0.25, 0.3) is 0 Å². The first-order valence-electron chi connectivity index (χ1n) is 11.0. The van der Waals surface area contributed by atoms with Gasteiger partial charge in [0.1, 0.15) is 0 Å². The van der Waals surface area contributed by atoms with E-state index in [-0.39, 0.29) is 17.0 Å². The highest BCUT2D eigenvalue weighted by Crippen LogP contribution is 2.53. The van der Waals surface area contributed by atoms with E-state index in [0.29, 0.717) is 24.1 Å². The maximum absolute atomic E-state index is 13.0. The minimum Gasteiger partial charge on any atom is -0.334 e. The summed E-state index contributed by atoms with van der Waals surface area (Å²) in [4.78, 5) is 16.3. The molecule has 4 saturated carbocycles. The molecular weight excluding hydrogens is 412 g/mol. The third-order valence-corrected chi connectivity index (χ3v) is 8.62. The van der Waals surface area contributed by atoms with E-state index < -0.39 is 10.0 Å². The second-order valence-corrected chi connectivity index (χ2v) is 11.0. The molecule has 31 heavy (non-hydrogen) atoms. The minimum absolute atomic E-state index is 0.0644. The molecule has 7 nitrogen and oxygen atoms in total. The number of aromatic nitrogens is 1. The summed E-state index contributed by atoms with van der Waals surface area (Å²) in [5.41, 5.74) is 1.49. The Labute approximate surface area is 183 Å². The van der Waals surface area contributed by atoms with Gasteiger partial charge in [-0.1, -0.05) is 0 Å². The summed E-state index contributed by atoms with van der Waals surface area (Å²) in [7, 11) is -3.58. The molecule has 1 heterocycles. The summed E-state index contributed by atoms with van der Waals surface area (Å²) in [6, 6.07) is 9.73. The van der Waals surface area contributed by atoms with Crippen molar-refractivity contribution in [3.8, 4) is 0 Å². The maximum atomic E-state index is 13.0. The van der Waals surface area contributed by atoms with Gasteiger partial charge in [0, 0.05) is 30.7 Å². The van der Waals surface area contributed by atoms with Crippen LogP contribution in [0.3, 0.4) is 0 Å². The molecule has 3 N–H and O–H groups in total. The van der Waals surface area contributed by atoms with E-state index in [0.717, 1.165) is 43.1 Å². The third-order valence-electron chi connectivity index (χ3n) is 7.14. The van der Waals surface area contributed by atoms with E-state index in [2.05, 4.69) is 20.3 Å². The maximum Gasteiger partial charge on any atom is 0.319 e. The highest BCUT2D eigenvalue weighted by Gasteiger charge is 2.49. The number of urea groups is 1. The molecule has 4 bridgehead atoms. The van der Waals surface area contributed by atoms with Crippen LogP contribution in [0.2, 0.25) is 0 Å². The van der Waals surface area contributed by atoms with Crippen molar-refractivity contribution in [2.45, 2.75) is 49.6 Å². The fraction of sp³-hybridized carbons (Fsp3) is 0.478. The Morgan fingerprint density at radius 1 is 0.903 bits per heavy atom. The van der Waals surface area contributed by atoms with Crippen LogP contribution in [-0.4, -0.2) is 25.5 Å². The average Bonchev–Trinajstić information content (AvgIpc) is 2.75. The van der Waals surface area contributed by atoms with Crippen molar-refractivity contribution in [1.82, 2.24) is 15.0 Å². The van der Waals surface area contributed by atoms with Crippen LogP contribution in [-0.2, 0) is 16.6 Å². The molecule has 4 fully saturated rings. The number of sulfonamides is 1. The predicted molar refractivity (Wildman–Crippen MR) is 118 cm³/mol. The number of hydrogen-bond acceptors (Lipinski definition) is 4. The Bertz CT molecular complexity index is 1010. The quantitative estimate of drug-likeness (QED) is 0.640. The zero-order valence-electron chi connectivity index (χ0n) is 17.3. The van der Waals surface area contributed by atoms with Crippen LogP contribution in [0.5, 0.6) is 0 Å². The van der Waals surface area contributed by atoms with Crippen LogP contribution in [0.4, 0.5) is 10.5 Å². The molecule has 0 saturated heterocycles. The first-order valence-corrected chi connectivity index (χ1v) is 12.5. The van der Waals surface area contributed by atoms with Crippen molar-refractivity contribution in [2.24, 2.45) is 23.7 Å². The minimum atomic E-state index is -3.58. The van der Waals surface area contributed by atoms with Gasteiger partial charge in [-0.3, -0.25) is 4.98 Å². The first kappa shape index (κ1) is 20.5. The van der Waals surface area contributed by atoms with Crippen LogP contribution < -0.4 is 15.4 Å². The molecule has 0 unspecified atom stereocenters. The van der Waals surface area contributed by atoms with E-state index in [1.54, 1.807) is 36.7 Å². The van der Waals surface area contributed by atoms with Gasteiger partial charge in [0.25, 0.3) is 0 Å². The fourth-order valence-electron chi connectivity index (χ4n) is 5.94. The number of carbonyl (C=O) groups is 1. The molecule has 4 aliphatic rings. The summed E-state index contributed by atoms with van der Waals surface area (Å²) in [5.74, 6) is 2.57. The van der Waals surface area contributed by atoms with Crippen LogP contribution >= 0.6 is 0 Å². The summed E-state index contributed by atoms with van der Waals surface area (Å²) >= 11 is 0. The highest BCUT2D eigenvalue weighted by molar-refractivity contribution is 7.89. The number of pyridine rings is 1. The largest absolute Gasteiger partial charge is 0.334 e. The summed E-state index contributed by atoms with van der Waals surface area (Å²) in [6.45, 7) is 0.385. The van der Waals surface area contributed by atoms with E-state index in [9.17, 15) is 13.2 Å². The van der Waals surface area contributed by atoms with Crippen molar-refractivity contribution in [2.75, 3.05) is 5.32 Å². The van der Waals surface area contributed by atoms with Gasteiger partial charge in [-0.05, 0) is 97.7 Å². The van der Waals surface area contributed by atoms with E-state index in [1.807, 2.05) is 12.1 Å². The lowest BCUT2D eigenvalue weighted by Crippen LogP contribution is -2.55. The van der Waals surface area contributed by atoms with Crippen molar-refractivity contribution in [1.29, 1.82) is 0 Å². The second-order valence-electron chi connectivity index (χ2n) is 9.27. The molecule has 4 aliphatic carbocycles. The van der Waals surface area contributed by atoms with Crippen molar-refractivity contribution < 1.29 is 13.2 Å². The van der Waals surface area contributed by atoms with Crippen molar-refractivity contribution in [3.63, 3.8) is 0 Å². The average molecular weight is 441 g/mol. The Morgan fingerprint density at radius 2 is 1.52 bits per heavy atom. The molecule has 0 radical (unpaired) electrons. The smallest absolute Gasteiger partial charge is 0.319 e. The first-order chi connectivity index (χ1) is 15.0. The predicted octanol–water partition coefficient (Wildman–Crippen LogP) is 3.51. The lowest BCUT2D eigenvalue weighted by Gasteiger charge is -2.54. The van der Waals surface area contributed by atoms with Crippen LogP contribution in [0.15, 0.2) is 53.7 Å². The van der Waals surface area contributed by atoms with E-state index in [1.165, 1.54) is 6.42 Å². The molecule has 0 aliphatic heterocycles.